The van der Waals surface area contributed by atoms with Crippen molar-refractivity contribution in [1.82, 2.24) is 15.0 Å². The van der Waals surface area contributed by atoms with Crippen LogP contribution in [-0.2, 0) is 4.43 Å². The van der Waals surface area contributed by atoms with Gasteiger partial charge in [0.15, 0.2) is 6.61 Å². The largest absolute Gasteiger partial charge is 0.490 e. The Labute approximate surface area is 208 Å². The van der Waals surface area contributed by atoms with E-state index in [1.165, 1.54) is 5.56 Å². The maximum absolute atomic E-state index is 12.4. The van der Waals surface area contributed by atoms with E-state index in [1.54, 1.807) is 24.3 Å². The molecule has 2 aromatic carbocycles. The van der Waals surface area contributed by atoms with Crippen molar-refractivity contribution in [2.75, 3.05) is 25.1 Å². The molecule has 0 saturated heterocycles. The van der Waals surface area contributed by atoms with Crippen molar-refractivity contribution in [2.45, 2.75) is 17.5 Å². The highest BCUT2D eigenvalue weighted by atomic mass is 127. The number of halogens is 4. The highest BCUT2D eigenvalue weighted by Crippen LogP contribution is 2.21. The molecule has 0 aliphatic rings. The molecule has 0 atom stereocenters. The number of nitrogens with one attached hydrogen (secondary N) is 1. The molecular weight excluding hydrogens is 564 g/mol. The summed E-state index contributed by atoms with van der Waals surface area (Å²) >= 11 is 2.00. The fourth-order valence-electron chi connectivity index (χ4n) is 2.55. The SMILES string of the molecule is Cc1ccc(OC/C=C\COc2ccc(Nc3nc(CI)nc(OCC(F)(F)F)n3)cc2)cc1. The predicted octanol–water partition coefficient (Wildman–Crippen LogP) is 5.81. The second-order valence-electron chi connectivity index (χ2n) is 6.95. The fourth-order valence-corrected chi connectivity index (χ4v) is 2.89. The minimum absolute atomic E-state index is 0.0871. The third kappa shape index (κ3) is 9.04. The van der Waals surface area contributed by atoms with Gasteiger partial charge in [-0.2, -0.15) is 28.1 Å². The number of alkyl halides is 4. The Morgan fingerprint density at radius 2 is 1.44 bits per heavy atom. The first-order chi connectivity index (χ1) is 16.3. The average Bonchev–Trinajstić information content (AvgIpc) is 2.81. The molecule has 0 saturated carbocycles. The third-order valence-electron chi connectivity index (χ3n) is 4.14. The number of ether oxygens (including phenoxy) is 3. The van der Waals surface area contributed by atoms with Crippen LogP contribution in [-0.4, -0.2) is 40.9 Å². The fraction of sp³-hybridized carbons (Fsp3) is 0.261. The molecule has 1 heterocycles. The van der Waals surface area contributed by atoms with Crippen molar-refractivity contribution in [2.24, 2.45) is 0 Å². The first kappa shape index (κ1) is 25.5. The van der Waals surface area contributed by atoms with Gasteiger partial charge in [0, 0.05) is 5.69 Å². The second-order valence-corrected chi connectivity index (χ2v) is 7.71. The Morgan fingerprint density at radius 3 is 2.00 bits per heavy atom. The molecule has 3 aromatic rings. The van der Waals surface area contributed by atoms with E-state index >= 15 is 0 Å². The van der Waals surface area contributed by atoms with Gasteiger partial charge >= 0.3 is 12.2 Å². The Balaban J connectivity index is 1.48. The topological polar surface area (TPSA) is 78.4 Å². The van der Waals surface area contributed by atoms with Crippen molar-refractivity contribution in [1.29, 1.82) is 0 Å². The van der Waals surface area contributed by atoms with E-state index in [4.69, 9.17) is 9.47 Å². The smallest absolute Gasteiger partial charge is 0.422 e. The Hall–Kier alpha value is -3.09. The number of aryl methyl sites for hydroxylation is 1. The summed E-state index contributed by atoms with van der Waals surface area (Å²) in [5.41, 5.74) is 1.80. The summed E-state index contributed by atoms with van der Waals surface area (Å²) in [5, 5.41) is 2.93. The zero-order valence-corrected chi connectivity index (χ0v) is 20.3. The minimum atomic E-state index is -4.48. The first-order valence-corrected chi connectivity index (χ1v) is 11.7. The lowest BCUT2D eigenvalue weighted by Gasteiger charge is -2.11. The molecule has 180 valence electrons. The quantitative estimate of drug-likeness (QED) is 0.173. The standard InChI is InChI=1S/C23H22F3IN4O3/c1-16-4-8-18(9-5-16)32-12-2-3-13-33-19-10-6-17(7-11-19)28-21-29-20(14-27)30-22(31-21)34-15-23(24,25)26/h2-11H,12-15H2,1H3,(H,28,29,30,31)/b3-2-. The number of rotatable bonds is 11. The van der Waals surface area contributed by atoms with E-state index in [0.29, 0.717) is 34.9 Å². The van der Waals surface area contributed by atoms with Gasteiger partial charge in [0.25, 0.3) is 0 Å². The number of benzene rings is 2. The van der Waals surface area contributed by atoms with Crippen molar-refractivity contribution < 1.29 is 27.4 Å². The van der Waals surface area contributed by atoms with Gasteiger partial charge in [-0.15, -0.1) is 0 Å². The van der Waals surface area contributed by atoms with Gasteiger partial charge in [-0.25, -0.2) is 0 Å². The van der Waals surface area contributed by atoms with E-state index < -0.39 is 12.8 Å². The molecule has 0 amide bonds. The van der Waals surface area contributed by atoms with Gasteiger partial charge in [-0.1, -0.05) is 40.3 Å². The summed E-state index contributed by atoms with van der Waals surface area (Å²) in [6, 6.07) is 14.4. The van der Waals surface area contributed by atoms with E-state index in [2.05, 4.69) is 25.0 Å². The van der Waals surface area contributed by atoms with Crippen LogP contribution in [0.2, 0.25) is 0 Å². The van der Waals surface area contributed by atoms with Crippen LogP contribution in [0, 0.1) is 6.92 Å². The Bertz CT molecular complexity index is 1080. The zero-order chi connectivity index (χ0) is 24.4. The van der Waals surface area contributed by atoms with Crippen LogP contribution in [0.5, 0.6) is 17.5 Å². The van der Waals surface area contributed by atoms with Crippen LogP contribution in [0.4, 0.5) is 24.8 Å². The zero-order valence-electron chi connectivity index (χ0n) is 18.2. The molecule has 1 aromatic heterocycles. The Kier molecular flexibility index (Phi) is 9.31. The molecule has 0 aliphatic heterocycles. The van der Waals surface area contributed by atoms with E-state index in [1.807, 2.05) is 65.9 Å². The second kappa shape index (κ2) is 12.4. The molecule has 0 aliphatic carbocycles. The molecular formula is C23H22F3IN4O3. The monoisotopic (exact) mass is 586 g/mol. The lowest BCUT2D eigenvalue weighted by Crippen LogP contribution is -2.20. The molecule has 0 spiro atoms. The maximum atomic E-state index is 12.4. The third-order valence-corrected chi connectivity index (χ3v) is 4.82. The van der Waals surface area contributed by atoms with Crippen LogP contribution in [0.1, 0.15) is 11.4 Å². The average molecular weight is 586 g/mol. The summed E-state index contributed by atoms with van der Waals surface area (Å²) < 4.78 is 53.5. The van der Waals surface area contributed by atoms with Crippen LogP contribution in [0.25, 0.3) is 0 Å². The number of anilines is 2. The van der Waals surface area contributed by atoms with Crippen molar-refractivity contribution in [3.8, 4) is 17.5 Å². The van der Waals surface area contributed by atoms with Crippen LogP contribution in [0.3, 0.4) is 0 Å². The van der Waals surface area contributed by atoms with E-state index in [0.717, 1.165) is 5.75 Å². The normalized spacial score (nSPS) is 11.4. The lowest BCUT2D eigenvalue weighted by atomic mass is 10.2. The maximum Gasteiger partial charge on any atom is 0.422 e. The molecule has 1 N–H and O–H groups in total. The summed E-state index contributed by atoms with van der Waals surface area (Å²) in [6.07, 6.45) is -0.747. The molecule has 0 radical (unpaired) electrons. The van der Waals surface area contributed by atoms with Gasteiger partial charge < -0.3 is 19.5 Å². The molecule has 0 unspecified atom stereocenters. The van der Waals surface area contributed by atoms with Crippen LogP contribution >= 0.6 is 22.6 Å². The van der Waals surface area contributed by atoms with Crippen LogP contribution < -0.4 is 19.5 Å². The number of aromatic nitrogens is 3. The highest BCUT2D eigenvalue weighted by Gasteiger charge is 2.29. The molecule has 0 bridgehead atoms. The Morgan fingerprint density at radius 1 is 0.853 bits per heavy atom. The summed E-state index contributed by atoms with van der Waals surface area (Å²) in [5.74, 6) is 1.84. The van der Waals surface area contributed by atoms with Gasteiger partial charge in [0.1, 0.15) is 30.5 Å². The molecule has 11 heteroatoms. The highest BCUT2D eigenvalue weighted by molar-refractivity contribution is 14.1. The first-order valence-electron chi connectivity index (χ1n) is 10.2. The van der Waals surface area contributed by atoms with Gasteiger partial charge in [0.2, 0.25) is 5.95 Å². The molecule has 34 heavy (non-hydrogen) atoms. The van der Waals surface area contributed by atoms with Crippen LogP contribution in [0.15, 0.2) is 60.7 Å². The van der Waals surface area contributed by atoms with Crippen molar-refractivity contribution in [3.63, 3.8) is 0 Å². The summed E-state index contributed by atoms with van der Waals surface area (Å²) in [7, 11) is 0. The van der Waals surface area contributed by atoms with E-state index in [9.17, 15) is 13.2 Å². The predicted molar refractivity (Wildman–Crippen MR) is 130 cm³/mol. The number of hydrogen-bond donors (Lipinski definition) is 1. The number of hydrogen-bond acceptors (Lipinski definition) is 7. The van der Waals surface area contributed by atoms with Gasteiger partial charge in [0.05, 0.1) is 4.43 Å². The van der Waals surface area contributed by atoms with Gasteiger partial charge in [-0.05, 0) is 55.5 Å². The summed E-state index contributed by atoms with van der Waals surface area (Å²) in [6.45, 7) is 1.35. The van der Waals surface area contributed by atoms with Gasteiger partial charge in [-0.3, -0.25) is 0 Å². The van der Waals surface area contributed by atoms with E-state index in [-0.39, 0.29) is 12.0 Å². The molecule has 7 nitrogen and oxygen atoms in total. The van der Waals surface area contributed by atoms with Crippen molar-refractivity contribution >= 4 is 34.2 Å². The summed E-state index contributed by atoms with van der Waals surface area (Å²) in [4.78, 5) is 11.9. The van der Waals surface area contributed by atoms with Crippen molar-refractivity contribution in [3.05, 3.63) is 72.1 Å². The molecule has 0 fully saturated rings. The minimum Gasteiger partial charge on any atom is -0.490 e. The number of nitrogens with zero attached hydrogens (tertiary/aromatic N) is 3. The molecule has 3 rings (SSSR count). The lowest BCUT2D eigenvalue weighted by molar-refractivity contribution is -0.154.